The molecule has 3 N–H and O–H groups in total. The molecule has 0 spiro atoms. The zero-order chi connectivity index (χ0) is 17.9. The molecule has 1 saturated carbocycles. The number of carbonyl (C=O) groups is 1. The molecule has 0 aromatic heterocycles. The van der Waals surface area contributed by atoms with E-state index in [0.29, 0.717) is 17.2 Å². The van der Waals surface area contributed by atoms with Crippen LogP contribution >= 0.6 is 0 Å². The van der Waals surface area contributed by atoms with E-state index in [9.17, 15) is 9.90 Å². The maximum absolute atomic E-state index is 12.1. The van der Waals surface area contributed by atoms with Crippen molar-refractivity contribution in [2.24, 2.45) is 5.73 Å². The quantitative estimate of drug-likeness (QED) is 0.793. The Labute approximate surface area is 147 Å². The summed E-state index contributed by atoms with van der Waals surface area (Å²) in [5.74, 6) is 6.83. The number of likely N-dealkylation sites (N-methyl/N-ethyl adjacent to an activating group) is 1. The topological polar surface area (TPSA) is 85.0 Å². The number of fused-ring (bicyclic) bond motifs is 1. The molecule has 1 aromatic carbocycles. The van der Waals surface area contributed by atoms with E-state index in [1.54, 1.807) is 25.2 Å². The number of hydrogen-bond acceptors (Lipinski definition) is 5. The second-order valence-electron chi connectivity index (χ2n) is 6.63. The highest BCUT2D eigenvalue weighted by atomic mass is 16.5. The van der Waals surface area contributed by atoms with Crippen molar-refractivity contribution in [3.63, 3.8) is 0 Å². The van der Waals surface area contributed by atoms with Gasteiger partial charge in [-0.15, -0.1) is 0 Å². The summed E-state index contributed by atoms with van der Waals surface area (Å²) >= 11 is 0. The molecule has 0 unspecified atom stereocenters. The van der Waals surface area contributed by atoms with Gasteiger partial charge >= 0.3 is 0 Å². The molecule has 134 valence electrons. The minimum absolute atomic E-state index is 0.153. The van der Waals surface area contributed by atoms with Gasteiger partial charge in [0.25, 0.3) is 0 Å². The lowest BCUT2D eigenvalue weighted by Gasteiger charge is -2.26. The molecule has 1 heterocycles. The Balaban J connectivity index is 1.66. The van der Waals surface area contributed by atoms with E-state index in [1.165, 1.54) is 4.90 Å². The van der Waals surface area contributed by atoms with Gasteiger partial charge in [-0.2, -0.15) is 0 Å². The van der Waals surface area contributed by atoms with Crippen LogP contribution in [0.2, 0.25) is 0 Å². The third kappa shape index (κ3) is 4.06. The van der Waals surface area contributed by atoms with Gasteiger partial charge in [0.15, 0.2) is 0 Å². The SMILES string of the molecule is CN1C(=O)[C@@H](N)COc2ccc(OCC#CC3(O)CCCCC3)cc21. The third-order valence-electron chi connectivity index (χ3n) is 4.67. The number of hydrogen-bond donors (Lipinski definition) is 2. The summed E-state index contributed by atoms with van der Waals surface area (Å²) < 4.78 is 11.2. The average Bonchev–Trinajstić information content (AvgIpc) is 2.72. The van der Waals surface area contributed by atoms with Crippen LogP contribution in [0.4, 0.5) is 5.69 Å². The zero-order valence-corrected chi connectivity index (χ0v) is 14.5. The molecule has 6 heteroatoms. The molecule has 1 aliphatic carbocycles. The van der Waals surface area contributed by atoms with E-state index in [0.717, 1.165) is 32.1 Å². The smallest absolute Gasteiger partial charge is 0.247 e. The molecule has 1 aliphatic heterocycles. The fourth-order valence-corrected chi connectivity index (χ4v) is 3.17. The molecule has 2 aliphatic rings. The van der Waals surface area contributed by atoms with Gasteiger partial charge in [0.2, 0.25) is 5.91 Å². The second kappa shape index (κ2) is 7.34. The van der Waals surface area contributed by atoms with Gasteiger partial charge < -0.3 is 25.2 Å². The van der Waals surface area contributed by atoms with Gasteiger partial charge in [-0.1, -0.05) is 18.3 Å². The monoisotopic (exact) mass is 344 g/mol. The van der Waals surface area contributed by atoms with E-state index < -0.39 is 11.6 Å². The van der Waals surface area contributed by atoms with Gasteiger partial charge in [0, 0.05) is 13.1 Å². The number of benzene rings is 1. The first-order chi connectivity index (χ1) is 12.0. The van der Waals surface area contributed by atoms with Crippen molar-refractivity contribution in [2.45, 2.75) is 43.7 Å². The van der Waals surface area contributed by atoms with Crippen LogP contribution < -0.4 is 20.1 Å². The number of rotatable bonds is 2. The van der Waals surface area contributed by atoms with E-state index >= 15 is 0 Å². The first-order valence-electron chi connectivity index (χ1n) is 8.64. The lowest BCUT2D eigenvalue weighted by atomic mass is 9.85. The number of anilines is 1. The molecular formula is C19H24N2O4. The van der Waals surface area contributed by atoms with Crippen LogP contribution in [0.1, 0.15) is 32.1 Å². The van der Waals surface area contributed by atoms with Crippen LogP contribution in [0.25, 0.3) is 0 Å². The molecule has 1 fully saturated rings. The number of amides is 1. The van der Waals surface area contributed by atoms with E-state index in [2.05, 4.69) is 11.8 Å². The first-order valence-corrected chi connectivity index (χ1v) is 8.64. The van der Waals surface area contributed by atoms with Gasteiger partial charge in [-0.05, 0) is 37.8 Å². The lowest BCUT2D eigenvalue weighted by molar-refractivity contribution is -0.119. The summed E-state index contributed by atoms with van der Waals surface area (Å²) in [6, 6.07) is 4.59. The standard InChI is InChI=1S/C19H24N2O4/c1-21-16-12-14(6-7-17(16)25-13-15(20)18(21)22)24-11-5-10-19(23)8-3-2-4-9-19/h6-7,12,15,23H,2-4,8-9,11,13,20H2,1H3/t15-/m0/s1. The van der Waals surface area contributed by atoms with Crippen molar-refractivity contribution in [1.29, 1.82) is 0 Å². The van der Waals surface area contributed by atoms with E-state index in [1.807, 2.05) is 0 Å². The summed E-state index contributed by atoms with van der Waals surface area (Å²) in [6.45, 7) is 0.333. The normalized spacial score (nSPS) is 22.1. The summed E-state index contributed by atoms with van der Waals surface area (Å²) in [5, 5.41) is 10.3. The number of carbonyl (C=O) groups excluding carboxylic acids is 1. The Bertz CT molecular complexity index is 701. The van der Waals surface area contributed by atoms with Gasteiger partial charge in [0.1, 0.15) is 36.4 Å². The molecule has 0 bridgehead atoms. The lowest BCUT2D eigenvalue weighted by Crippen LogP contribution is -2.43. The highest BCUT2D eigenvalue weighted by Gasteiger charge is 2.27. The minimum atomic E-state index is -0.869. The maximum Gasteiger partial charge on any atom is 0.247 e. The van der Waals surface area contributed by atoms with Crippen molar-refractivity contribution >= 4 is 11.6 Å². The molecule has 0 saturated heterocycles. The maximum atomic E-state index is 12.1. The van der Waals surface area contributed by atoms with E-state index in [4.69, 9.17) is 15.2 Å². The molecule has 1 atom stereocenters. The molecular weight excluding hydrogens is 320 g/mol. The van der Waals surface area contributed by atoms with Gasteiger partial charge in [-0.25, -0.2) is 0 Å². The number of aliphatic hydroxyl groups is 1. The number of ether oxygens (including phenoxy) is 2. The predicted molar refractivity (Wildman–Crippen MR) is 94.6 cm³/mol. The fourth-order valence-electron chi connectivity index (χ4n) is 3.17. The summed E-state index contributed by atoms with van der Waals surface area (Å²) in [7, 11) is 1.66. The van der Waals surface area contributed by atoms with Crippen LogP contribution in [0, 0.1) is 11.8 Å². The Morgan fingerprint density at radius 2 is 2.16 bits per heavy atom. The minimum Gasteiger partial charge on any atom is -0.489 e. The number of nitrogens with zero attached hydrogens (tertiary/aromatic N) is 1. The van der Waals surface area contributed by atoms with Crippen molar-refractivity contribution in [2.75, 3.05) is 25.2 Å². The number of nitrogens with two attached hydrogens (primary N) is 1. The molecule has 6 nitrogen and oxygen atoms in total. The molecule has 1 aromatic rings. The zero-order valence-electron chi connectivity index (χ0n) is 14.5. The van der Waals surface area contributed by atoms with E-state index in [-0.39, 0.29) is 19.1 Å². The molecule has 1 amide bonds. The highest BCUT2D eigenvalue weighted by Crippen LogP contribution is 2.34. The van der Waals surface area contributed by atoms with Gasteiger partial charge in [-0.3, -0.25) is 4.79 Å². The van der Waals surface area contributed by atoms with Crippen LogP contribution in [-0.4, -0.2) is 42.9 Å². The van der Waals surface area contributed by atoms with Crippen molar-refractivity contribution < 1.29 is 19.4 Å². The second-order valence-corrected chi connectivity index (χ2v) is 6.63. The first kappa shape index (κ1) is 17.6. The Morgan fingerprint density at radius 1 is 1.40 bits per heavy atom. The molecule has 3 rings (SSSR count). The largest absolute Gasteiger partial charge is 0.489 e. The fraction of sp³-hybridized carbons (Fsp3) is 0.526. The molecule has 25 heavy (non-hydrogen) atoms. The average molecular weight is 344 g/mol. The Hall–Kier alpha value is -2.23. The van der Waals surface area contributed by atoms with Crippen molar-refractivity contribution in [1.82, 2.24) is 0 Å². The molecule has 0 radical (unpaired) electrons. The van der Waals surface area contributed by atoms with Crippen molar-refractivity contribution in [3.8, 4) is 23.3 Å². The predicted octanol–water partition coefficient (Wildman–Crippen LogP) is 1.45. The van der Waals surface area contributed by atoms with Crippen LogP contribution in [0.3, 0.4) is 0 Å². The van der Waals surface area contributed by atoms with Crippen LogP contribution in [0.15, 0.2) is 18.2 Å². The Morgan fingerprint density at radius 3 is 2.92 bits per heavy atom. The Kier molecular flexibility index (Phi) is 5.16. The van der Waals surface area contributed by atoms with Crippen molar-refractivity contribution in [3.05, 3.63) is 18.2 Å². The van der Waals surface area contributed by atoms with Crippen LogP contribution in [0.5, 0.6) is 11.5 Å². The summed E-state index contributed by atoms with van der Waals surface area (Å²) in [6.07, 6.45) is 4.64. The summed E-state index contributed by atoms with van der Waals surface area (Å²) in [4.78, 5) is 13.6. The summed E-state index contributed by atoms with van der Waals surface area (Å²) in [5.41, 5.74) is 5.53. The van der Waals surface area contributed by atoms with Crippen LogP contribution in [-0.2, 0) is 4.79 Å². The highest BCUT2D eigenvalue weighted by molar-refractivity contribution is 5.98. The van der Waals surface area contributed by atoms with Gasteiger partial charge in [0.05, 0.1) is 5.69 Å². The third-order valence-corrected chi connectivity index (χ3v) is 4.67.